The average molecular weight is 370 g/mol. The van der Waals surface area contributed by atoms with Crippen molar-refractivity contribution in [3.8, 4) is 11.1 Å². The van der Waals surface area contributed by atoms with Crippen LogP contribution in [-0.2, 0) is 10.8 Å². The maximum absolute atomic E-state index is 6.28. The molecule has 136 valence electrons. The SMILES string of the molecule is [B]C1C=CC2=C(C1=C)C([CH2+])(C=C)c1cc3c(cc12)C(C)(C=[CH+])c1cc(C)ccc1-3. The van der Waals surface area contributed by atoms with Crippen LogP contribution in [0.5, 0.6) is 0 Å². The van der Waals surface area contributed by atoms with Gasteiger partial charge >= 0.3 is 0 Å². The van der Waals surface area contributed by atoms with Crippen LogP contribution < -0.4 is 0 Å². The zero-order valence-corrected chi connectivity index (χ0v) is 17.0. The van der Waals surface area contributed by atoms with Crippen LogP contribution in [-0.4, -0.2) is 7.85 Å². The Labute approximate surface area is 175 Å². The van der Waals surface area contributed by atoms with Gasteiger partial charge in [-0.25, -0.2) is 0 Å². The van der Waals surface area contributed by atoms with E-state index in [1.165, 1.54) is 33.4 Å². The minimum atomic E-state index is -0.560. The summed E-state index contributed by atoms with van der Waals surface area (Å²) in [5, 5.41) is 0. The second kappa shape index (κ2) is 5.53. The Morgan fingerprint density at radius 2 is 1.79 bits per heavy atom. The van der Waals surface area contributed by atoms with Gasteiger partial charge in [0.15, 0.2) is 11.5 Å². The first-order valence-electron chi connectivity index (χ1n) is 10.00. The number of fused-ring (bicyclic) bond motifs is 5. The van der Waals surface area contributed by atoms with Gasteiger partial charge in [0.2, 0.25) is 6.58 Å². The van der Waals surface area contributed by atoms with Crippen molar-refractivity contribution < 1.29 is 0 Å². The third-order valence-corrected chi connectivity index (χ3v) is 7.10. The van der Waals surface area contributed by atoms with Gasteiger partial charge < -0.3 is 0 Å². The van der Waals surface area contributed by atoms with Gasteiger partial charge in [-0.2, -0.15) is 0 Å². The van der Waals surface area contributed by atoms with E-state index in [9.17, 15) is 0 Å². The molecule has 1 heteroatoms. The van der Waals surface area contributed by atoms with Crippen molar-refractivity contribution in [3.63, 3.8) is 0 Å². The molecule has 5 rings (SSSR count). The fourth-order valence-electron chi connectivity index (χ4n) is 5.33. The first-order chi connectivity index (χ1) is 13.8. The van der Waals surface area contributed by atoms with E-state index in [0.29, 0.717) is 0 Å². The summed E-state index contributed by atoms with van der Waals surface area (Å²) in [5.74, 6) is -0.192. The van der Waals surface area contributed by atoms with Crippen LogP contribution in [0.3, 0.4) is 0 Å². The molecule has 3 atom stereocenters. The molecule has 0 bridgehead atoms. The summed E-state index contributed by atoms with van der Waals surface area (Å²) in [4.78, 5) is 0. The molecular weight excluding hydrogens is 347 g/mol. The van der Waals surface area contributed by atoms with Crippen LogP contribution >= 0.6 is 0 Å². The smallest absolute Gasteiger partial charge is 0.0976 e. The zero-order chi connectivity index (χ0) is 20.7. The monoisotopic (exact) mass is 370 g/mol. The van der Waals surface area contributed by atoms with E-state index in [1.807, 2.05) is 18.2 Å². The fourth-order valence-corrected chi connectivity index (χ4v) is 5.33. The Hall–Kier alpha value is -3.02. The highest BCUT2D eigenvalue weighted by Gasteiger charge is 2.50. The number of hydrogen-bond donors (Lipinski definition) is 0. The second-order valence-corrected chi connectivity index (χ2v) is 8.74. The Balaban J connectivity index is 1.85. The van der Waals surface area contributed by atoms with E-state index in [2.05, 4.69) is 70.3 Å². The summed E-state index contributed by atoms with van der Waals surface area (Å²) in [5.41, 5.74) is 10.8. The third kappa shape index (κ3) is 2.01. The summed E-state index contributed by atoms with van der Waals surface area (Å²) in [6.45, 7) is 23.6. The van der Waals surface area contributed by atoms with Crippen LogP contribution in [0.4, 0.5) is 0 Å². The summed E-state index contributed by atoms with van der Waals surface area (Å²) >= 11 is 0. The fraction of sp³-hybridized carbons (Fsp3) is 0.179. The average Bonchev–Trinajstić information content (AvgIpc) is 3.11. The lowest BCUT2D eigenvalue weighted by Crippen LogP contribution is -2.22. The quantitative estimate of drug-likeness (QED) is 0.327. The molecule has 0 saturated carbocycles. The molecule has 0 aliphatic heterocycles. The lowest BCUT2D eigenvalue weighted by Gasteiger charge is -2.25. The molecular formula is C28H23B+2. The third-order valence-electron chi connectivity index (χ3n) is 7.10. The Kier molecular flexibility index (Phi) is 3.44. The topological polar surface area (TPSA) is 0 Å². The molecule has 3 unspecified atom stereocenters. The molecule has 0 fully saturated rings. The normalized spacial score (nSPS) is 28.6. The lowest BCUT2D eigenvalue weighted by molar-refractivity contribution is 0.745. The Bertz CT molecular complexity index is 1210. The van der Waals surface area contributed by atoms with Crippen molar-refractivity contribution in [3.05, 3.63) is 120 Å². The van der Waals surface area contributed by atoms with Crippen molar-refractivity contribution in [1.82, 2.24) is 0 Å². The molecule has 0 nitrogen and oxygen atoms in total. The second-order valence-electron chi connectivity index (χ2n) is 8.74. The first kappa shape index (κ1) is 18.0. The molecule has 29 heavy (non-hydrogen) atoms. The predicted octanol–water partition coefficient (Wildman–Crippen LogP) is 6.38. The molecule has 2 radical (unpaired) electrons. The minimum Gasteiger partial charge on any atom is -0.0976 e. The van der Waals surface area contributed by atoms with Gasteiger partial charge in [-0.3, -0.25) is 0 Å². The highest BCUT2D eigenvalue weighted by atomic mass is 14.5. The Morgan fingerprint density at radius 3 is 2.48 bits per heavy atom. The highest BCUT2D eigenvalue weighted by Crippen LogP contribution is 2.58. The van der Waals surface area contributed by atoms with E-state index >= 15 is 0 Å². The molecule has 3 aliphatic carbocycles. The zero-order valence-electron chi connectivity index (χ0n) is 17.0. The first-order valence-corrected chi connectivity index (χ1v) is 10.00. The minimum absolute atomic E-state index is 0.192. The molecule has 0 aromatic heterocycles. The lowest BCUT2D eigenvalue weighted by atomic mass is 9.67. The van der Waals surface area contributed by atoms with Crippen LogP contribution in [0.15, 0.2) is 78.9 Å². The maximum atomic E-state index is 6.28. The van der Waals surface area contributed by atoms with Gasteiger partial charge in [0.1, 0.15) is 0 Å². The molecule has 2 aromatic carbocycles. The standard InChI is InChI=1S/C28H23B/c1-7-27(5)22-13-16(3)9-10-18(22)20-14-24-21(15-23(20)27)19-11-12-25(29)17(4)26(19)28(24,6)8-2/h1,7-15,25H,2,4,6H2,3,5H3/q+2. The van der Waals surface area contributed by atoms with Crippen molar-refractivity contribution in [2.45, 2.75) is 30.5 Å². The molecule has 0 amide bonds. The van der Waals surface area contributed by atoms with E-state index in [1.54, 1.807) is 0 Å². The van der Waals surface area contributed by atoms with Crippen LogP contribution in [0, 0.1) is 20.4 Å². The number of rotatable bonds is 2. The van der Waals surface area contributed by atoms with Crippen molar-refractivity contribution in [2.24, 2.45) is 0 Å². The van der Waals surface area contributed by atoms with Crippen molar-refractivity contribution >= 4 is 13.4 Å². The summed E-state index contributed by atoms with van der Waals surface area (Å²) < 4.78 is 0. The number of allylic oxidation sites excluding steroid dienone is 7. The molecule has 0 N–H and O–H groups in total. The van der Waals surface area contributed by atoms with Gasteiger partial charge in [-0.1, -0.05) is 49.1 Å². The van der Waals surface area contributed by atoms with Gasteiger partial charge in [0.05, 0.1) is 20.2 Å². The largest absolute Gasteiger partial charge is 0.203 e. The molecule has 2 aromatic rings. The van der Waals surface area contributed by atoms with Gasteiger partial charge in [-0.15, -0.1) is 0 Å². The maximum Gasteiger partial charge on any atom is 0.203 e. The van der Waals surface area contributed by atoms with Gasteiger partial charge in [0, 0.05) is 11.1 Å². The highest BCUT2D eigenvalue weighted by molar-refractivity contribution is 6.17. The molecule has 3 aliphatic rings. The van der Waals surface area contributed by atoms with Crippen molar-refractivity contribution in [2.75, 3.05) is 0 Å². The number of benzene rings is 2. The van der Waals surface area contributed by atoms with Crippen LogP contribution in [0.1, 0.15) is 34.7 Å². The van der Waals surface area contributed by atoms with E-state index in [4.69, 9.17) is 14.4 Å². The van der Waals surface area contributed by atoms with Crippen molar-refractivity contribution in [1.29, 1.82) is 0 Å². The van der Waals surface area contributed by atoms with E-state index < -0.39 is 5.41 Å². The van der Waals surface area contributed by atoms with Crippen LogP contribution in [0.2, 0.25) is 5.82 Å². The summed E-state index contributed by atoms with van der Waals surface area (Å²) in [6, 6.07) is 11.2. The number of hydrogen-bond acceptors (Lipinski definition) is 0. The summed E-state index contributed by atoms with van der Waals surface area (Å²) in [7, 11) is 6.28. The van der Waals surface area contributed by atoms with E-state index in [0.717, 1.165) is 22.3 Å². The van der Waals surface area contributed by atoms with E-state index in [-0.39, 0.29) is 11.2 Å². The summed E-state index contributed by atoms with van der Waals surface area (Å²) in [6.07, 6.45) is 7.88. The van der Waals surface area contributed by atoms with Gasteiger partial charge in [-0.05, 0) is 76.8 Å². The predicted molar refractivity (Wildman–Crippen MR) is 124 cm³/mol. The van der Waals surface area contributed by atoms with Gasteiger partial charge in [0.25, 0.3) is 0 Å². The van der Waals surface area contributed by atoms with Crippen LogP contribution in [0.25, 0.3) is 16.7 Å². The Morgan fingerprint density at radius 1 is 1.10 bits per heavy atom. The number of aryl methyl sites for hydroxylation is 1. The molecule has 0 heterocycles. The molecule has 0 saturated heterocycles. The molecule has 0 spiro atoms.